The van der Waals surface area contributed by atoms with Crippen LogP contribution in [0.2, 0.25) is 10.0 Å². The van der Waals surface area contributed by atoms with E-state index in [1.54, 1.807) is 36.0 Å². The molecule has 1 amide bonds. The molecule has 0 spiro atoms. The summed E-state index contributed by atoms with van der Waals surface area (Å²) in [5.74, 6) is 1.57. The number of benzene rings is 3. The summed E-state index contributed by atoms with van der Waals surface area (Å²) in [5.41, 5.74) is 2.44. The quantitative estimate of drug-likeness (QED) is 0.317. The molecule has 2 atom stereocenters. The molecule has 0 radical (unpaired) electrons. The van der Waals surface area contributed by atoms with E-state index in [1.807, 2.05) is 42.5 Å². The molecule has 35 heavy (non-hydrogen) atoms. The van der Waals surface area contributed by atoms with E-state index in [4.69, 9.17) is 33.2 Å². The number of hydrogen-bond acceptors (Lipinski definition) is 4. The number of piperidine rings is 1. The van der Waals surface area contributed by atoms with E-state index in [1.165, 1.54) is 0 Å². The Kier molecular flexibility index (Phi) is 7.24. The van der Waals surface area contributed by atoms with Crippen LogP contribution in [0.15, 0.2) is 71.6 Å². The number of rotatable bonds is 6. The maximum absolute atomic E-state index is 13.4. The molecule has 0 aliphatic carbocycles. The van der Waals surface area contributed by atoms with Gasteiger partial charge < -0.3 is 9.64 Å². The SMILES string of the molecule is N#Cc1cccc(OC2CC3CCC(C2)N3C(=O)c2ccc(CSc3cc(Cl)ccc3Cl)cc2)c1. The van der Waals surface area contributed by atoms with Crippen molar-refractivity contribution in [3.63, 3.8) is 0 Å². The van der Waals surface area contributed by atoms with Crippen molar-refractivity contribution in [2.24, 2.45) is 0 Å². The van der Waals surface area contributed by atoms with E-state index in [9.17, 15) is 4.79 Å². The van der Waals surface area contributed by atoms with Gasteiger partial charge in [0.2, 0.25) is 0 Å². The van der Waals surface area contributed by atoms with Crippen LogP contribution in [0, 0.1) is 11.3 Å². The third-order valence-corrected chi connectivity index (χ3v) is 8.48. The van der Waals surface area contributed by atoms with E-state index >= 15 is 0 Å². The van der Waals surface area contributed by atoms with Crippen LogP contribution >= 0.6 is 35.0 Å². The van der Waals surface area contributed by atoms with E-state index < -0.39 is 0 Å². The number of nitrogens with zero attached hydrogens (tertiary/aromatic N) is 2. The van der Waals surface area contributed by atoms with Crippen molar-refractivity contribution >= 4 is 40.9 Å². The number of fused-ring (bicyclic) bond motifs is 2. The van der Waals surface area contributed by atoms with Gasteiger partial charge in [-0.2, -0.15) is 5.26 Å². The highest BCUT2D eigenvalue weighted by Gasteiger charge is 2.44. The van der Waals surface area contributed by atoms with Gasteiger partial charge in [0.25, 0.3) is 5.91 Å². The summed E-state index contributed by atoms with van der Waals surface area (Å²) in [6.07, 6.45) is 3.69. The van der Waals surface area contributed by atoms with E-state index in [2.05, 4.69) is 11.0 Å². The first kappa shape index (κ1) is 24.1. The number of carbonyl (C=O) groups is 1. The molecule has 7 heteroatoms. The third-order valence-electron chi connectivity index (χ3n) is 6.68. The molecule has 2 heterocycles. The average molecular weight is 523 g/mol. The molecule has 0 aromatic heterocycles. The van der Waals surface area contributed by atoms with Gasteiger partial charge in [-0.3, -0.25) is 4.79 Å². The topological polar surface area (TPSA) is 53.3 Å². The maximum Gasteiger partial charge on any atom is 0.254 e. The van der Waals surface area contributed by atoms with Gasteiger partial charge in [-0.15, -0.1) is 11.8 Å². The van der Waals surface area contributed by atoms with Gasteiger partial charge in [-0.1, -0.05) is 41.4 Å². The van der Waals surface area contributed by atoms with E-state index in [0.29, 0.717) is 15.6 Å². The average Bonchev–Trinajstić information content (AvgIpc) is 3.14. The fraction of sp³-hybridized carbons (Fsp3) is 0.286. The fourth-order valence-corrected chi connectivity index (χ4v) is 6.48. The molecule has 3 aromatic rings. The molecule has 2 aliphatic rings. The van der Waals surface area contributed by atoms with Crippen LogP contribution in [-0.4, -0.2) is 29.0 Å². The van der Waals surface area contributed by atoms with Gasteiger partial charge in [-0.25, -0.2) is 0 Å². The van der Waals surface area contributed by atoms with Crippen LogP contribution in [0.3, 0.4) is 0 Å². The lowest BCUT2D eigenvalue weighted by atomic mass is 9.98. The van der Waals surface area contributed by atoms with Crippen LogP contribution in [0.4, 0.5) is 0 Å². The fourth-order valence-electron chi connectivity index (χ4n) is 5.03. The Morgan fingerprint density at radius 2 is 1.77 bits per heavy atom. The van der Waals surface area contributed by atoms with Crippen molar-refractivity contribution in [1.29, 1.82) is 5.26 Å². The van der Waals surface area contributed by atoms with Gasteiger partial charge in [0, 0.05) is 46.2 Å². The minimum absolute atomic E-state index is 0.0585. The third kappa shape index (κ3) is 5.46. The second kappa shape index (κ2) is 10.5. The number of hydrogen-bond donors (Lipinski definition) is 0. The second-order valence-electron chi connectivity index (χ2n) is 9.01. The predicted octanol–water partition coefficient (Wildman–Crippen LogP) is 7.37. The summed E-state index contributed by atoms with van der Waals surface area (Å²) in [6, 6.07) is 23.1. The van der Waals surface area contributed by atoms with Crippen molar-refractivity contribution in [2.75, 3.05) is 0 Å². The van der Waals surface area contributed by atoms with Gasteiger partial charge in [0.1, 0.15) is 11.9 Å². The maximum atomic E-state index is 13.4. The summed E-state index contributed by atoms with van der Waals surface area (Å²) < 4.78 is 6.20. The van der Waals surface area contributed by atoms with Crippen molar-refractivity contribution in [3.05, 3.63) is 93.5 Å². The van der Waals surface area contributed by atoms with Gasteiger partial charge in [0.05, 0.1) is 16.7 Å². The standard InChI is InChI=1S/C28H24Cl2N2O2S/c29-21-8-11-26(30)27(13-21)35-17-18-4-6-20(7-5-18)28(33)32-22-9-10-23(32)15-25(14-22)34-24-3-1-2-19(12-24)16-31/h1-8,11-13,22-23,25H,9-10,14-15,17H2. The normalized spacial score (nSPS) is 20.9. The first-order valence-electron chi connectivity index (χ1n) is 11.7. The minimum Gasteiger partial charge on any atom is -0.490 e. The molecule has 2 bridgehead atoms. The van der Waals surface area contributed by atoms with Crippen LogP contribution in [-0.2, 0) is 5.75 Å². The molecule has 5 rings (SSSR count). The number of carbonyl (C=O) groups excluding carboxylic acids is 1. The van der Waals surface area contributed by atoms with Crippen molar-refractivity contribution in [2.45, 2.75) is 54.5 Å². The highest BCUT2D eigenvalue weighted by Crippen LogP contribution is 2.38. The van der Waals surface area contributed by atoms with Crippen LogP contribution in [0.1, 0.15) is 47.2 Å². The summed E-state index contributed by atoms with van der Waals surface area (Å²) in [6.45, 7) is 0. The van der Waals surface area contributed by atoms with Gasteiger partial charge in [0.15, 0.2) is 0 Å². The van der Waals surface area contributed by atoms with Crippen LogP contribution in [0.5, 0.6) is 5.75 Å². The summed E-state index contributed by atoms with van der Waals surface area (Å²) >= 11 is 14.0. The van der Waals surface area contributed by atoms with Crippen molar-refractivity contribution in [3.8, 4) is 11.8 Å². The number of nitriles is 1. The predicted molar refractivity (Wildman–Crippen MR) is 140 cm³/mol. The lowest BCUT2D eigenvalue weighted by Crippen LogP contribution is -2.49. The molecule has 2 aliphatic heterocycles. The Hall–Kier alpha value is -2.65. The second-order valence-corrected chi connectivity index (χ2v) is 10.9. The number of halogens is 2. The Labute approximate surface area is 219 Å². The number of ether oxygens (including phenoxy) is 1. The monoisotopic (exact) mass is 522 g/mol. The zero-order chi connectivity index (χ0) is 24.4. The van der Waals surface area contributed by atoms with Crippen LogP contribution < -0.4 is 4.74 Å². The largest absolute Gasteiger partial charge is 0.490 e. The Morgan fingerprint density at radius 3 is 2.49 bits per heavy atom. The molecule has 4 nitrogen and oxygen atoms in total. The zero-order valence-electron chi connectivity index (χ0n) is 19.0. The number of thioether (sulfide) groups is 1. The van der Waals surface area contributed by atoms with E-state index in [-0.39, 0.29) is 24.1 Å². The summed E-state index contributed by atoms with van der Waals surface area (Å²) in [7, 11) is 0. The smallest absolute Gasteiger partial charge is 0.254 e. The zero-order valence-corrected chi connectivity index (χ0v) is 21.3. The lowest BCUT2D eigenvalue weighted by molar-refractivity contribution is 0.0359. The Morgan fingerprint density at radius 1 is 1.03 bits per heavy atom. The van der Waals surface area contributed by atoms with E-state index in [0.717, 1.165) is 53.2 Å². The molecule has 0 N–H and O–H groups in total. The van der Waals surface area contributed by atoms with Crippen molar-refractivity contribution in [1.82, 2.24) is 4.90 Å². The molecule has 0 saturated carbocycles. The highest BCUT2D eigenvalue weighted by atomic mass is 35.5. The van der Waals surface area contributed by atoms with Crippen LogP contribution in [0.25, 0.3) is 0 Å². The lowest BCUT2D eigenvalue weighted by Gasteiger charge is -2.39. The molecular formula is C28H24Cl2N2O2S. The molecule has 2 saturated heterocycles. The first-order chi connectivity index (χ1) is 17.0. The summed E-state index contributed by atoms with van der Waals surface area (Å²) in [4.78, 5) is 16.4. The Balaban J connectivity index is 1.20. The molecule has 2 unspecified atom stereocenters. The first-order valence-corrected chi connectivity index (χ1v) is 13.4. The summed E-state index contributed by atoms with van der Waals surface area (Å²) in [5, 5.41) is 10.5. The highest BCUT2D eigenvalue weighted by molar-refractivity contribution is 7.98. The number of amides is 1. The minimum atomic E-state index is 0.0585. The molecule has 2 fully saturated rings. The van der Waals surface area contributed by atoms with Crippen molar-refractivity contribution < 1.29 is 9.53 Å². The molecular weight excluding hydrogens is 499 g/mol. The molecule has 178 valence electrons. The Bertz CT molecular complexity index is 1260. The molecule has 3 aromatic carbocycles. The van der Waals surface area contributed by atoms with Gasteiger partial charge >= 0.3 is 0 Å². The van der Waals surface area contributed by atoms with Gasteiger partial charge in [-0.05, 0) is 66.9 Å².